The highest BCUT2D eigenvalue weighted by Crippen LogP contribution is 2.28. The SMILES string of the molecule is O=C(NCc1ccccc1Cl)c1cc(-c2ccncc2)nc2ccc(S(=O)(=O)N3CCOCC3)cc12. The molecular weight excluding hydrogens is 500 g/mol. The molecule has 8 nitrogen and oxygen atoms in total. The van der Waals surface area contributed by atoms with Gasteiger partial charge in [-0.15, -0.1) is 0 Å². The molecule has 0 radical (unpaired) electrons. The molecule has 4 aromatic rings. The molecule has 0 aliphatic carbocycles. The second kappa shape index (κ2) is 10.3. The maximum Gasteiger partial charge on any atom is 0.252 e. The van der Waals surface area contributed by atoms with Crippen LogP contribution in [0.3, 0.4) is 0 Å². The topological polar surface area (TPSA) is 101 Å². The minimum atomic E-state index is -3.75. The number of nitrogens with zero attached hydrogens (tertiary/aromatic N) is 3. The van der Waals surface area contributed by atoms with Gasteiger partial charge in [0.05, 0.1) is 34.9 Å². The van der Waals surface area contributed by atoms with Crippen molar-refractivity contribution in [2.45, 2.75) is 11.4 Å². The third kappa shape index (κ3) is 4.96. The van der Waals surface area contributed by atoms with Crippen LogP contribution in [0.4, 0.5) is 0 Å². The number of aromatic nitrogens is 2. The molecule has 1 saturated heterocycles. The average molecular weight is 523 g/mol. The molecule has 0 saturated carbocycles. The number of halogens is 1. The number of nitrogens with one attached hydrogen (secondary N) is 1. The first-order chi connectivity index (χ1) is 17.4. The number of hydrogen-bond donors (Lipinski definition) is 1. The van der Waals surface area contributed by atoms with Crippen LogP contribution in [0.25, 0.3) is 22.2 Å². The summed E-state index contributed by atoms with van der Waals surface area (Å²) >= 11 is 6.25. The summed E-state index contributed by atoms with van der Waals surface area (Å²) in [6.07, 6.45) is 3.30. The van der Waals surface area contributed by atoms with Crippen LogP contribution in [0.1, 0.15) is 15.9 Å². The smallest absolute Gasteiger partial charge is 0.252 e. The van der Waals surface area contributed by atoms with E-state index in [1.54, 1.807) is 42.7 Å². The number of carbonyl (C=O) groups is 1. The normalized spacial score (nSPS) is 14.6. The summed E-state index contributed by atoms with van der Waals surface area (Å²) in [4.78, 5) is 22.3. The Labute approximate surface area is 213 Å². The van der Waals surface area contributed by atoms with E-state index in [0.29, 0.717) is 40.4 Å². The van der Waals surface area contributed by atoms with Crippen LogP contribution in [0.2, 0.25) is 5.02 Å². The van der Waals surface area contributed by atoms with Gasteiger partial charge in [0.15, 0.2) is 0 Å². The van der Waals surface area contributed by atoms with Gasteiger partial charge in [-0.05, 0) is 48.0 Å². The molecule has 0 unspecified atom stereocenters. The number of hydrogen-bond acceptors (Lipinski definition) is 6. The molecule has 10 heteroatoms. The van der Waals surface area contributed by atoms with Gasteiger partial charge in [0.1, 0.15) is 0 Å². The zero-order valence-electron chi connectivity index (χ0n) is 19.2. The zero-order chi connectivity index (χ0) is 25.1. The molecule has 1 aliphatic heterocycles. The highest BCUT2D eigenvalue weighted by Gasteiger charge is 2.27. The molecule has 1 N–H and O–H groups in total. The van der Waals surface area contributed by atoms with Crippen molar-refractivity contribution < 1.29 is 17.9 Å². The van der Waals surface area contributed by atoms with E-state index in [-0.39, 0.29) is 30.4 Å². The van der Waals surface area contributed by atoms with E-state index in [1.165, 1.54) is 16.4 Å². The predicted molar refractivity (Wildman–Crippen MR) is 137 cm³/mol. The Morgan fingerprint density at radius 2 is 1.78 bits per heavy atom. The van der Waals surface area contributed by atoms with Gasteiger partial charge in [-0.2, -0.15) is 4.31 Å². The zero-order valence-corrected chi connectivity index (χ0v) is 20.8. The minimum absolute atomic E-state index is 0.107. The maximum atomic E-state index is 13.4. The van der Waals surface area contributed by atoms with Crippen molar-refractivity contribution in [2.75, 3.05) is 26.3 Å². The Hall–Kier alpha value is -3.37. The number of benzene rings is 2. The summed E-state index contributed by atoms with van der Waals surface area (Å²) in [6.45, 7) is 1.48. The number of morpholine rings is 1. The van der Waals surface area contributed by atoms with Crippen LogP contribution in [0.5, 0.6) is 0 Å². The van der Waals surface area contributed by atoms with Crippen LogP contribution in [-0.4, -0.2) is 54.9 Å². The molecule has 36 heavy (non-hydrogen) atoms. The van der Waals surface area contributed by atoms with Crippen molar-refractivity contribution in [3.8, 4) is 11.3 Å². The van der Waals surface area contributed by atoms with Crippen LogP contribution in [0, 0.1) is 0 Å². The van der Waals surface area contributed by atoms with Crippen LogP contribution < -0.4 is 5.32 Å². The lowest BCUT2D eigenvalue weighted by atomic mass is 10.0. The van der Waals surface area contributed by atoms with Crippen LogP contribution >= 0.6 is 11.6 Å². The fourth-order valence-corrected chi connectivity index (χ4v) is 5.71. The number of sulfonamides is 1. The lowest BCUT2D eigenvalue weighted by molar-refractivity contribution is 0.0730. The molecule has 0 atom stereocenters. The predicted octanol–water partition coefficient (Wildman–Crippen LogP) is 3.90. The number of ether oxygens (including phenoxy) is 1. The van der Waals surface area contributed by atoms with E-state index in [0.717, 1.165) is 11.1 Å². The quantitative estimate of drug-likeness (QED) is 0.412. The molecule has 1 amide bonds. The molecule has 5 rings (SSSR count). The largest absolute Gasteiger partial charge is 0.379 e. The molecule has 0 spiro atoms. The Morgan fingerprint density at radius 1 is 1.03 bits per heavy atom. The molecule has 3 heterocycles. The summed E-state index contributed by atoms with van der Waals surface area (Å²) in [5.74, 6) is -0.362. The van der Waals surface area contributed by atoms with Gasteiger partial charge in [-0.25, -0.2) is 13.4 Å². The number of fused-ring (bicyclic) bond motifs is 1. The van der Waals surface area contributed by atoms with E-state index < -0.39 is 10.0 Å². The van der Waals surface area contributed by atoms with Gasteiger partial charge < -0.3 is 10.1 Å². The van der Waals surface area contributed by atoms with Gasteiger partial charge in [-0.3, -0.25) is 9.78 Å². The Bertz CT molecular complexity index is 1520. The van der Waals surface area contributed by atoms with Crippen LogP contribution in [-0.2, 0) is 21.3 Å². The van der Waals surface area contributed by atoms with Crippen molar-refractivity contribution in [2.24, 2.45) is 0 Å². The fraction of sp³-hybridized carbons (Fsp3) is 0.192. The van der Waals surface area contributed by atoms with E-state index in [1.807, 2.05) is 18.2 Å². The third-order valence-corrected chi connectivity index (χ3v) is 8.27. The summed E-state index contributed by atoms with van der Waals surface area (Å²) in [5, 5.41) is 3.90. The highest BCUT2D eigenvalue weighted by molar-refractivity contribution is 7.89. The van der Waals surface area contributed by atoms with Gasteiger partial charge >= 0.3 is 0 Å². The summed E-state index contributed by atoms with van der Waals surface area (Å²) in [7, 11) is -3.75. The molecule has 2 aromatic carbocycles. The van der Waals surface area contributed by atoms with E-state index >= 15 is 0 Å². The maximum absolute atomic E-state index is 13.4. The molecule has 1 fully saturated rings. The van der Waals surface area contributed by atoms with Gasteiger partial charge in [0.2, 0.25) is 10.0 Å². The first kappa shape index (κ1) is 24.3. The highest BCUT2D eigenvalue weighted by atomic mass is 35.5. The molecular formula is C26H23ClN4O4S. The fourth-order valence-electron chi connectivity index (χ4n) is 4.07. The number of rotatable bonds is 6. The van der Waals surface area contributed by atoms with Crippen molar-refractivity contribution in [1.82, 2.24) is 19.6 Å². The van der Waals surface area contributed by atoms with Crippen molar-refractivity contribution in [3.63, 3.8) is 0 Å². The molecule has 184 valence electrons. The minimum Gasteiger partial charge on any atom is -0.379 e. The molecule has 0 bridgehead atoms. The summed E-state index contributed by atoms with van der Waals surface area (Å²) in [6, 6.07) is 17.2. The Balaban J connectivity index is 1.58. The monoisotopic (exact) mass is 522 g/mol. The lowest BCUT2D eigenvalue weighted by Gasteiger charge is -2.26. The lowest BCUT2D eigenvalue weighted by Crippen LogP contribution is -2.40. The molecule has 1 aliphatic rings. The summed E-state index contributed by atoms with van der Waals surface area (Å²) in [5.41, 5.74) is 2.97. The Kier molecular flexibility index (Phi) is 6.97. The Morgan fingerprint density at radius 3 is 2.53 bits per heavy atom. The van der Waals surface area contributed by atoms with Gasteiger partial charge in [0, 0.05) is 48.0 Å². The first-order valence-electron chi connectivity index (χ1n) is 11.4. The first-order valence-corrected chi connectivity index (χ1v) is 13.2. The van der Waals surface area contributed by atoms with Crippen LogP contribution in [0.15, 0.2) is 78.0 Å². The number of pyridine rings is 2. The van der Waals surface area contributed by atoms with Crippen molar-refractivity contribution in [1.29, 1.82) is 0 Å². The average Bonchev–Trinajstić information content (AvgIpc) is 2.92. The summed E-state index contributed by atoms with van der Waals surface area (Å²) < 4.78 is 33.2. The van der Waals surface area contributed by atoms with Gasteiger partial charge in [0.25, 0.3) is 5.91 Å². The van der Waals surface area contributed by atoms with Gasteiger partial charge in [-0.1, -0.05) is 29.8 Å². The molecule has 2 aromatic heterocycles. The second-order valence-electron chi connectivity index (χ2n) is 8.26. The van der Waals surface area contributed by atoms with E-state index in [2.05, 4.69) is 10.3 Å². The standard InChI is InChI=1S/C26H23ClN4O4S/c27-23-4-2-1-3-19(23)17-29-26(32)22-16-25(18-7-9-28-10-8-18)30-24-6-5-20(15-21(22)24)36(33,34)31-11-13-35-14-12-31/h1-10,15-16H,11-14,17H2,(H,29,32). The third-order valence-electron chi connectivity index (χ3n) is 6.01. The second-order valence-corrected chi connectivity index (χ2v) is 10.6. The number of carbonyl (C=O) groups excluding carboxylic acids is 1. The van der Waals surface area contributed by atoms with E-state index in [9.17, 15) is 13.2 Å². The van der Waals surface area contributed by atoms with Crippen molar-refractivity contribution >= 4 is 38.4 Å². The van der Waals surface area contributed by atoms with E-state index in [4.69, 9.17) is 21.3 Å². The number of amides is 1. The van der Waals surface area contributed by atoms with Crippen molar-refractivity contribution in [3.05, 3.63) is 89.2 Å².